The quantitative estimate of drug-likeness (QED) is 0.204. The van der Waals surface area contributed by atoms with Crippen LogP contribution in [-0.2, 0) is 14.9 Å². The number of hydrogen-bond donors (Lipinski definition) is 2. The van der Waals surface area contributed by atoms with Crippen LogP contribution in [0.4, 0.5) is 4.79 Å². The highest BCUT2D eigenvalue weighted by atomic mass is 35.5. The number of rotatable bonds is 8. The molecule has 0 heterocycles. The third kappa shape index (κ3) is 6.09. The van der Waals surface area contributed by atoms with E-state index < -0.39 is 23.6 Å². The van der Waals surface area contributed by atoms with Crippen molar-refractivity contribution in [3.63, 3.8) is 0 Å². The minimum absolute atomic E-state index is 0.442. The molecule has 198 valence electrons. The number of carboxylic acid groups (broad SMARTS) is 1. The molecule has 1 amide bonds. The lowest BCUT2D eigenvalue weighted by molar-refractivity contribution is -0.140. The molecule has 0 unspecified atom stereocenters. The summed E-state index contributed by atoms with van der Waals surface area (Å²) < 4.78 is 8.25. The highest BCUT2D eigenvalue weighted by Gasteiger charge is 2.51. The summed E-state index contributed by atoms with van der Waals surface area (Å²) in [6, 6.07) is 28.5. The standard InChI is InChI=1S/C31H25Cl2NO4S/c1-19(20-8-12-25(32)13-9-20)38-30(37)34-39-28-18-26(33)14-15-27(28)23-4-2-21(3-5-23)22-6-10-24(11-7-22)31(16-17-31)29(35)36/h2-15,18-19H,16-17H2,1H3,(H,34,37)(H,35,36)/t19-/m1/s1. The van der Waals surface area contributed by atoms with Crippen LogP contribution in [0.3, 0.4) is 0 Å². The average Bonchev–Trinajstić information content (AvgIpc) is 3.75. The van der Waals surface area contributed by atoms with E-state index in [1.807, 2.05) is 72.8 Å². The summed E-state index contributed by atoms with van der Waals surface area (Å²) in [5, 5.41) is 10.7. The van der Waals surface area contributed by atoms with E-state index in [4.69, 9.17) is 27.9 Å². The summed E-state index contributed by atoms with van der Waals surface area (Å²) in [4.78, 5) is 24.9. The smallest absolute Gasteiger partial charge is 0.418 e. The SMILES string of the molecule is C[C@@H](OC(=O)NSc1cc(Cl)ccc1-c1ccc(-c2ccc(C3(C(=O)O)CC3)cc2)cc1)c1ccc(Cl)cc1. The fourth-order valence-electron chi connectivity index (χ4n) is 4.48. The molecule has 5 nitrogen and oxygen atoms in total. The molecular formula is C31H25Cl2NO4S. The Bertz CT molecular complexity index is 1500. The van der Waals surface area contributed by atoms with Gasteiger partial charge in [0.15, 0.2) is 0 Å². The lowest BCUT2D eigenvalue weighted by Crippen LogP contribution is -2.19. The molecule has 1 aliphatic rings. The molecule has 0 radical (unpaired) electrons. The Morgan fingerprint density at radius 3 is 2.00 bits per heavy atom. The number of nitrogens with one attached hydrogen (secondary N) is 1. The molecule has 0 saturated heterocycles. The second-order valence-electron chi connectivity index (χ2n) is 9.49. The van der Waals surface area contributed by atoms with E-state index in [1.165, 1.54) is 0 Å². The number of carbonyl (C=O) groups excluding carboxylic acids is 1. The lowest BCUT2D eigenvalue weighted by Gasteiger charge is -2.15. The summed E-state index contributed by atoms with van der Waals surface area (Å²) in [7, 11) is 0. The van der Waals surface area contributed by atoms with Crippen LogP contribution in [-0.4, -0.2) is 17.2 Å². The summed E-state index contributed by atoms with van der Waals surface area (Å²) in [6.07, 6.45) is 0.364. The molecule has 0 aliphatic heterocycles. The maximum Gasteiger partial charge on any atom is 0.418 e. The van der Waals surface area contributed by atoms with E-state index in [-0.39, 0.29) is 0 Å². The first-order chi connectivity index (χ1) is 18.7. The molecule has 1 aliphatic carbocycles. The van der Waals surface area contributed by atoms with Crippen molar-refractivity contribution >= 4 is 47.2 Å². The van der Waals surface area contributed by atoms with Crippen LogP contribution >= 0.6 is 35.1 Å². The van der Waals surface area contributed by atoms with Crippen molar-refractivity contribution < 1.29 is 19.4 Å². The van der Waals surface area contributed by atoms with Gasteiger partial charge in [0, 0.05) is 14.9 Å². The number of carbonyl (C=O) groups is 2. The number of ether oxygens (including phenoxy) is 1. The topological polar surface area (TPSA) is 75.6 Å². The second-order valence-corrected chi connectivity index (χ2v) is 11.2. The van der Waals surface area contributed by atoms with Crippen LogP contribution in [0.2, 0.25) is 10.0 Å². The molecular weight excluding hydrogens is 553 g/mol. The first-order valence-corrected chi connectivity index (χ1v) is 14.0. The Morgan fingerprint density at radius 2 is 1.41 bits per heavy atom. The number of aliphatic carboxylic acids is 1. The zero-order valence-electron chi connectivity index (χ0n) is 21.0. The van der Waals surface area contributed by atoms with E-state index >= 15 is 0 Å². The average molecular weight is 579 g/mol. The Balaban J connectivity index is 1.27. The van der Waals surface area contributed by atoms with Crippen LogP contribution in [0, 0.1) is 0 Å². The summed E-state index contributed by atoms with van der Waals surface area (Å²) in [5.41, 5.74) is 4.89. The normalized spacial score (nSPS) is 14.3. The van der Waals surface area contributed by atoms with E-state index in [9.17, 15) is 14.7 Å². The van der Waals surface area contributed by atoms with Gasteiger partial charge in [0.05, 0.1) is 5.41 Å². The number of halogens is 2. The first kappa shape index (κ1) is 27.1. The zero-order chi connectivity index (χ0) is 27.6. The van der Waals surface area contributed by atoms with Gasteiger partial charge in [-0.05, 0) is 89.4 Å². The van der Waals surface area contributed by atoms with Gasteiger partial charge in [-0.2, -0.15) is 0 Å². The number of carboxylic acids is 1. The Labute approximate surface area is 241 Å². The van der Waals surface area contributed by atoms with Crippen LogP contribution in [0.25, 0.3) is 22.3 Å². The van der Waals surface area contributed by atoms with Crippen LogP contribution < -0.4 is 4.72 Å². The van der Waals surface area contributed by atoms with Gasteiger partial charge in [-0.25, -0.2) is 4.79 Å². The molecule has 0 spiro atoms. The predicted octanol–water partition coefficient (Wildman–Crippen LogP) is 8.94. The second kappa shape index (κ2) is 11.3. The van der Waals surface area contributed by atoms with E-state index in [0.29, 0.717) is 22.9 Å². The highest BCUT2D eigenvalue weighted by molar-refractivity contribution is 7.98. The molecule has 4 aromatic carbocycles. The van der Waals surface area contributed by atoms with Gasteiger partial charge in [-0.1, -0.05) is 89.9 Å². The minimum atomic E-state index is -0.755. The van der Waals surface area contributed by atoms with Gasteiger partial charge in [-0.3, -0.25) is 9.52 Å². The lowest BCUT2D eigenvalue weighted by atomic mass is 9.93. The van der Waals surface area contributed by atoms with E-state index in [1.54, 1.807) is 25.1 Å². The summed E-state index contributed by atoms with van der Waals surface area (Å²) >= 11 is 13.3. The van der Waals surface area contributed by atoms with Gasteiger partial charge >= 0.3 is 12.1 Å². The first-order valence-electron chi connectivity index (χ1n) is 12.4. The van der Waals surface area contributed by atoms with E-state index in [0.717, 1.165) is 50.2 Å². The fourth-order valence-corrected chi connectivity index (χ4v) is 5.56. The zero-order valence-corrected chi connectivity index (χ0v) is 23.3. The molecule has 39 heavy (non-hydrogen) atoms. The van der Waals surface area contributed by atoms with Gasteiger partial charge in [0.25, 0.3) is 0 Å². The molecule has 0 bridgehead atoms. The van der Waals surface area contributed by atoms with Crippen molar-refractivity contribution in [3.8, 4) is 22.3 Å². The molecule has 0 aromatic heterocycles. The molecule has 8 heteroatoms. The van der Waals surface area contributed by atoms with Crippen LogP contribution in [0.15, 0.2) is 95.9 Å². The minimum Gasteiger partial charge on any atom is -0.481 e. The van der Waals surface area contributed by atoms with Gasteiger partial charge in [0.1, 0.15) is 6.10 Å². The van der Waals surface area contributed by atoms with Gasteiger partial charge < -0.3 is 9.84 Å². The third-order valence-corrected chi connectivity index (χ3v) is 8.25. The Morgan fingerprint density at radius 1 is 0.846 bits per heavy atom. The molecule has 1 fully saturated rings. The monoisotopic (exact) mass is 577 g/mol. The maximum absolute atomic E-state index is 12.5. The molecule has 2 N–H and O–H groups in total. The van der Waals surface area contributed by atoms with Gasteiger partial charge in [0.2, 0.25) is 0 Å². The summed E-state index contributed by atoms with van der Waals surface area (Å²) in [6.45, 7) is 1.80. The summed E-state index contributed by atoms with van der Waals surface area (Å²) in [5.74, 6) is -0.755. The predicted molar refractivity (Wildman–Crippen MR) is 156 cm³/mol. The maximum atomic E-state index is 12.5. The fraction of sp³-hybridized carbons (Fsp3) is 0.161. The Kier molecular flexibility index (Phi) is 7.89. The molecule has 4 aromatic rings. The molecule has 1 saturated carbocycles. The molecule has 1 atom stereocenters. The van der Waals surface area contributed by atoms with Crippen molar-refractivity contribution in [2.75, 3.05) is 0 Å². The van der Waals surface area contributed by atoms with Crippen molar-refractivity contribution in [1.82, 2.24) is 4.72 Å². The van der Waals surface area contributed by atoms with Gasteiger partial charge in [-0.15, -0.1) is 0 Å². The van der Waals surface area contributed by atoms with Crippen molar-refractivity contribution in [3.05, 3.63) is 112 Å². The van der Waals surface area contributed by atoms with Crippen LogP contribution in [0.5, 0.6) is 0 Å². The Hall–Kier alpha value is -3.45. The van der Waals surface area contributed by atoms with Crippen molar-refractivity contribution in [1.29, 1.82) is 0 Å². The number of amides is 1. The van der Waals surface area contributed by atoms with E-state index in [2.05, 4.69) is 4.72 Å². The molecule has 5 rings (SSSR count). The largest absolute Gasteiger partial charge is 0.481 e. The highest BCUT2D eigenvalue weighted by Crippen LogP contribution is 2.48. The number of benzene rings is 4. The van der Waals surface area contributed by atoms with Crippen LogP contribution in [0.1, 0.15) is 37.0 Å². The third-order valence-electron chi connectivity index (χ3n) is 6.94. The van der Waals surface area contributed by atoms with Crippen molar-refractivity contribution in [2.45, 2.75) is 36.2 Å². The number of hydrogen-bond acceptors (Lipinski definition) is 4. The van der Waals surface area contributed by atoms with Crippen molar-refractivity contribution in [2.24, 2.45) is 0 Å².